The van der Waals surface area contributed by atoms with Crippen LogP contribution in [-0.4, -0.2) is 41.0 Å². The topological polar surface area (TPSA) is 86.4 Å². The third kappa shape index (κ3) is 5.57. The van der Waals surface area contributed by atoms with E-state index >= 15 is 0 Å². The Labute approximate surface area is 177 Å². The van der Waals surface area contributed by atoms with E-state index in [2.05, 4.69) is 20.9 Å². The molecule has 3 N–H and O–H groups in total. The molecule has 0 aliphatic carbocycles. The number of hydrogen-bond acceptors (Lipinski definition) is 5. The van der Waals surface area contributed by atoms with Crippen molar-refractivity contribution in [3.63, 3.8) is 0 Å². The number of anilines is 2. The molecule has 0 saturated carbocycles. The highest BCUT2D eigenvalue weighted by molar-refractivity contribution is 7.15. The first-order chi connectivity index (χ1) is 13.3. The molecule has 10 heteroatoms. The zero-order valence-electron chi connectivity index (χ0n) is 15.5. The molecule has 1 aromatic heterocycles. The van der Waals surface area contributed by atoms with Gasteiger partial charge < -0.3 is 10.6 Å². The van der Waals surface area contributed by atoms with Crippen LogP contribution in [0.25, 0.3) is 0 Å². The predicted molar refractivity (Wildman–Crippen MR) is 113 cm³/mol. The molecular weight excluding hydrogens is 421 g/mol. The van der Waals surface area contributed by atoms with Crippen LogP contribution < -0.4 is 16.0 Å². The van der Waals surface area contributed by atoms with E-state index in [1.807, 2.05) is 18.7 Å². The van der Waals surface area contributed by atoms with Gasteiger partial charge in [0, 0.05) is 36.1 Å². The van der Waals surface area contributed by atoms with Gasteiger partial charge in [0.25, 0.3) is 0 Å². The smallest absolute Gasteiger partial charge is 0.321 e. The number of amides is 3. The molecule has 0 bridgehead atoms. The largest absolute Gasteiger partial charge is 0.336 e. The molecule has 0 unspecified atom stereocenters. The van der Waals surface area contributed by atoms with Gasteiger partial charge in [0.15, 0.2) is 5.13 Å². The Morgan fingerprint density at radius 1 is 1.25 bits per heavy atom. The molecule has 3 amide bonds. The minimum atomic E-state index is -0.265. The summed E-state index contributed by atoms with van der Waals surface area (Å²) in [5, 5.41) is 9.78. The van der Waals surface area contributed by atoms with E-state index in [1.165, 1.54) is 11.3 Å². The highest BCUT2D eigenvalue weighted by atomic mass is 35.5. The lowest BCUT2D eigenvalue weighted by atomic mass is 10.2. The first-order valence-electron chi connectivity index (χ1n) is 8.83. The van der Waals surface area contributed by atoms with Crippen molar-refractivity contribution in [2.75, 3.05) is 23.7 Å². The van der Waals surface area contributed by atoms with E-state index in [0.717, 1.165) is 23.5 Å². The highest BCUT2D eigenvalue weighted by Crippen LogP contribution is 2.28. The van der Waals surface area contributed by atoms with Crippen molar-refractivity contribution in [3.8, 4) is 0 Å². The summed E-state index contributed by atoms with van der Waals surface area (Å²) in [6.07, 6.45) is 0.735. The van der Waals surface area contributed by atoms with Gasteiger partial charge in [-0.3, -0.25) is 15.0 Å². The molecule has 2 heterocycles. The number of fused-ring (bicyclic) bond motifs is 1. The maximum Gasteiger partial charge on any atom is 0.321 e. The van der Waals surface area contributed by atoms with Crippen molar-refractivity contribution in [1.29, 1.82) is 0 Å². The first-order valence-corrected chi connectivity index (χ1v) is 10.4. The molecule has 0 spiro atoms. The summed E-state index contributed by atoms with van der Waals surface area (Å²) >= 11 is 13.3. The van der Waals surface area contributed by atoms with Gasteiger partial charge in [-0.25, -0.2) is 9.78 Å². The van der Waals surface area contributed by atoms with Crippen LogP contribution in [0.15, 0.2) is 18.2 Å². The number of thiazole rings is 1. The first kappa shape index (κ1) is 20.9. The Balaban J connectivity index is 1.55. The molecule has 3 rings (SSSR count). The van der Waals surface area contributed by atoms with Gasteiger partial charge in [0.05, 0.1) is 22.3 Å². The van der Waals surface area contributed by atoms with Crippen LogP contribution in [0.5, 0.6) is 0 Å². The van der Waals surface area contributed by atoms with Crippen LogP contribution in [0, 0.1) is 0 Å². The van der Waals surface area contributed by atoms with Crippen LogP contribution >= 0.6 is 34.5 Å². The summed E-state index contributed by atoms with van der Waals surface area (Å²) in [6, 6.07) is 4.77. The summed E-state index contributed by atoms with van der Waals surface area (Å²) in [5.74, 6) is -0.124. The van der Waals surface area contributed by atoms with Gasteiger partial charge in [-0.2, -0.15) is 0 Å². The van der Waals surface area contributed by atoms with Gasteiger partial charge in [0.2, 0.25) is 5.91 Å². The minimum Gasteiger partial charge on any atom is -0.336 e. The van der Waals surface area contributed by atoms with Crippen LogP contribution in [0.4, 0.5) is 15.6 Å². The zero-order chi connectivity index (χ0) is 20.3. The number of aromatic nitrogens is 1. The Hall–Kier alpha value is -1.87. The Bertz CT molecular complexity index is 887. The zero-order valence-corrected chi connectivity index (χ0v) is 17.8. The normalized spacial score (nSPS) is 13.9. The lowest BCUT2D eigenvalue weighted by Gasteiger charge is -2.25. The predicted octanol–water partition coefficient (Wildman–Crippen LogP) is 3.98. The molecule has 1 aliphatic rings. The van der Waals surface area contributed by atoms with E-state index in [0.29, 0.717) is 27.4 Å². The van der Waals surface area contributed by atoms with E-state index < -0.39 is 0 Å². The van der Waals surface area contributed by atoms with Gasteiger partial charge in [-0.1, -0.05) is 23.2 Å². The number of urea groups is 1. The van der Waals surface area contributed by atoms with Crippen LogP contribution in [-0.2, 0) is 17.8 Å². The maximum atomic E-state index is 12.3. The lowest BCUT2D eigenvalue weighted by molar-refractivity contribution is -0.117. The Morgan fingerprint density at radius 3 is 2.75 bits per heavy atom. The molecule has 28 heavy (non-hydrogen) atoms. The SMILES string of the molecule is CC(C)NC(=O)Nc1nc2c(s1)CN(CC(=O)Nc1ccc(Cl)c(Cl)c1)CC2. The quantitative estimate of drug-likeness (QED) is 0.654. The second kappa shape index (κ2) is 9.09. The fourth-order valence-corrected chi connectivity index (χ4v) is 4.15. The Kier molecular flexibility index (Phi) is 6.77. The average molecular weight is 442 g/mol. The number of nitrogens with one attached hydrogen (secondary N) is 3. The molecular formula is C18H21Cl2N5O2S. The molecule has 7 nitrogen and oxygen atoms in total. The molecule has 0 saturated heterocycles. The second-order valence-electron chi connectivity index (χ2n) is 6.78. The van der Waals surface area contributed by atoms with E-state index in [1.54, 1.807) is 18.2 Å². The summed E-state index contributed by atoms with van der Waals surface area (Å²) in [7, 11) is 0. The summed E-state index contributed by atoms with van der Waals surface area (Å²) in [5.41, 5.74) is 1.59. The molecule has 1 aliphatic heterocycles. The maximum absolute atomic E-state index is 12.3. The fraction of sp³-hybridized carbons (Fsp3) is 0.389. The number of rotatable bonds is 5. The Morgan fingerprint density at radius 2 is 2.04 bits per heavy atom. The molecule has 0 fully saturated rings. The van der Waals surface area contributed by atoms with Crippen molar-refractivity contribution in [1.82, 2.24) is 15.2 Å². The third-order valence-corrected chi connectivity index (χ3v) is 5.76. The summed E-state index contributed by atoms with van der Waals surface area (Å²) in [4.78, 5) is 31.8. The summed E-state index contributed by atoms with van der Waals surface area (Å²) in [6.45, 7) is 5.40. The molecule has 1 aromatic carbocycles. The molecule has 0 atom stereocenters. The number of carbonyl (C=O) groups is 2. The number of halogens is 2. The van der Waals surface area contributed by atoms with Crippen LogP contribution in [0.1, 0.15) is 24.4 Å². The van der Waals surface area contributed by atoms with Gasteiger partial charge in [-0.05, 0) is 32.0 Å². The van der Waals surface area contributed by atoms with Crippen molar-refractivity contribution < 1.29 is 9.59 Å². The fourth-order valence-electron chi connectivity index (χ4n) is 2.81. The number of hydrogen-bond donors (Lipinski definition) is 3. The van der Waals surface area contributed by atoms with Crippen LogP contribution in [0.3, 0.4) is 0 Å². The monoisotopic (exact) mass is 441 g/mol. The van der Waals surface area contributed by atoms with E-state index in [4.69, 9.17) is 23.2 Å². The highest BCUT2D eigenvalue weighted by Gasteiger charge is 2.23. The molecule has 0 radical (unpaired) electrons. The van der Waals surface area contributed by atoms with Crippen LogP contribution in [0.2, 0.25) is 10.0 Å². The molecule has 2 aromatic rings. The van der Waals surface area contributed by atoms with Gasteiger partial charge in [-0.15, -0.1) is 11.3 Å². The average Bonchev–Trinajstić information content (AvgIpc) is 2.98. The number of nitrogens with zero attached hydrogens (tertiary/aromatic N) is 2. The van der Waals surface area contributed by atoms with Crippen molar-refractivity contribution in [3.05, 3.63) is 38.8 Å². The summed E-state index contributed by atoms with van der Waals surface area (Å²) < 4.78 is 0. The minimum absolute atomic E-state index is 0.0547. The van der Waals surface area contributed by atoms with Crippen molar-refractivity contribution in [2.45, 2.75) is 32.9 Å². The molecule has 150 valence electrons. The lowest BCUT2D eigenvalue weighted by Crippen LogP contribution is -2.36. The standard InChI is InChI=1S/C18H21Cl2N5O2S/c1-10(2)21-17(27)24-18-23-14-5-6-25(8-15(14)28-18)9-16(26)22-11-3-4-12(19)13(20)7-11/h3-4,7,10H,5-6,8-9H2,1-2H3,(H,22,26)(H2,21,23,24,27). The second-order valence-corrected chi connectivity index (χ2v) is 8.68. The number of carbonyl (C=O) groups excluding carboxylic acids is 2. The van der Waals surface area contributed by atoms with Crippen molar-refractivity contribution in [2.24, 2.45) is 0 Å². The van der Waals surface area contributed by atoms with Gasteiger partial charge >= 0.3 is 6.03 Å². The van der Waals surface area contributed by atoms with Gasteiger partial charge in [0.1, 0.15) is 0 Å². The van der Waals surface area contributed by atoms with Crippen molar-refractivity contribution >= 4 is 57.3 Å². The van der Waals surface area contributed by atoms with E-state index in [9.17, 15) is 9.59 Å². The van der Waals surface area contributed by atoms with E-state index in [-0.39, 0.29) is 24.5 Å². The third-order valence-electron chi connectivity index (χ3n) is 4.02. The number of benzene rings is 1.